The van der Waals surface area contributed by atoms with Crippen LogP contribution >= 0.6 is 11.8 Å². The van der Waals surface area contributed by atoms with Crippen molar-refractivity contribution in [1.82, 2.24) is 4.98 Å². The van der Waals surface area contributed by atoms with Crippen LogP contribution < -0.4 is 0 Å². The molecule has 2 aromatic rings. The summed E-state index contributed by atoms with van der Waals surface area (Å²) in [6.45, 7) is 6.04. The minimum atomic E-state index is -0.777. The number of nitrogens with zero attached hydrogens (tertiary/aromatic N) is 2. The van der Waals surface area contributed by atoms with Gasteiger partial charge in [0.15, 0.2) is 0 Å². The summed E-state index contributed by atoms with van der Waals surface area (Å²) in [4.78, 5) is 47.6. The smallest absolute Gasteiger partial charge is 0.336 e. The average Bonchev–Trinajstić information content (AvgIpc) is 2.91. The first kappa shape index (κ1) is 28.1. The van der Waals surface area contributed by atoms with E-state index in [4.69, 9.17) is 19.2 Å². The zero-order chi connectivity index (χ0) is 26.8. The average molecular weight is 525 g/mol. The molecule has 0 saturated carbocycles. The summed E-state index contributed by atoms with van der Waals surface area (Å²) in [5.74, 6) is -2.39. The van der Waals surface area contributed by atoms with E-state index in [9.17, 15) is 14.4 Å². The van der Waals surface area contributed by atoms with Crippen LogP contribution in [0.25, 0.3) is 0 Å². The van der Waals surface area contributed by atoms with Crippen molar-refractivity contribution in [2.45, 2.75) is 50.5 Å². The summed E-state index contributed by atoms with van der Waals surface area (Å²) in [5.41, 5.74) is 2.90. The van der Waals surface area contributed by atoms with Crippen LogP contribution in [0.15, 0.2) is 69.9 Å². The number of carbonyl (C=O) groups excluding carboxylic acids is 3. The molecule has 1 aliphatic heterocycles. The van der Waals surface area contributed by atoms with Gasteiger partial charge >= 0.3 is 11.9 Å². The van der Waals surface area contributed by atoms with Crippen molar-refractivity contribution in [2.75, 3.05) is 19.5 Å². The molecule has 37 heavy (non-hydrogen) atoms. The number of hydrogen-bond acceptors (Lipinski definition) is 9. The van der Waals surface area contributed by atoms with E-state index in [2.05, 4.69) is 4.98 Å². The van der Waals surface area contributed by atoms with Crippen LogP contribution in [0.3, 0.4) is 0 Å². The van der Waals surface area contributed by atoms with Crippen molar-refractivity contribution in [3.05, 3.63) is 71.2 Å². The number of thioether (sulfide) groups is 1. The molecule has 3 atom stereocenters. The second-order valence-corrected chi connectivity index (χ2v) is 9.24. The maximum absolute atomic E-state index is 13.4. The molecule has 3 rings (SSSR count). The predicted octanol–water partition coefficient (Wildman–Crippen LogP) is 5.05. The molecular weight excluding hydrogens is 492 g/mol. The van der Waals surface area contributed by atoms with Crippen LogP contribution in [0.1, 0.15) is 56.8 Å². The van der Waals surface area contributed by atoms with Gasteiger partial charge in [-0.15, -0.1) is 11.8 Å². The molecule has 0 bridgehead atoms. The number of aromatic nitrogens is 1. The number of carbonyl (C=O) groups is 3. The lowest BCUT2D eigenvalue weighted by Gasteiger charge is -2.32. The van der Waals surface area contributed by atoms with Crippen LogP contribution in [-0.4, -0.2) is 48.6 Å². The first-order valence-corrected chi connectivity index (χ1v) is 13.4. The summed E-state index contributed by atoms with van der Waals surface area (Å²) >= 11 is 1.57. The zero-order valence-electron chi connectivity index (χ0n) is 21.5. The Morgan fingerprint density at radius 2 is 1.92 bits per heavy atom. The lowest BCUT2D eigenvalue weighted by Crippen LogP contribution is -2.37. The summed E-state index contributed by atoms with van der Waals surface area (Å²) in [5, 5.41) is 0. The number of rotatable bonds is 12. The third kappa shape index (κ3) is 6.85. The summed E-state index contributed by atoms with van der Waals surface area (Å²) in [6.07, 6.45) is 5.35. The van der Waals surface area contributed by atoms with Gasteiger partial charge in [0.1, 0.15) is 12.0 Å². The number of allylic oxidation sites excluding steroid dienone is 1. The van der Waals surface area contributed by atoms with Gasteiger partial charge < -0.3 is 14.2 Å². The zero-order valence-corrected chi connectivity index (χ0v) is 22.3. The number of benzene rings is 1. The van der Waals surface area contributed by atoms with E-state index < -0.39 is 29.9 Å². The van der Waals surface area contributed by atoms with Crippen LogP contribution in [-0.2, 0) is 28.6 Å². The molecule has 0 aliphatic carbocycles. The minimum absolute atomic E-state index is 0.173. The monoisotopic (exact) mass is 524 g/mol. The summed E-state index contributed by atoms with van der Waals surface area (Å²) in [7, 11) is 0. The van der Waals surface area contributed by atoms with Crippen LogP contribution in [0.2, 0.25) is 0 Å². The second-order valence-electron chi connectivity index (χ2n) is 8.36. The van der Waals surface area contributed by atoms with Gasteiger partial charge in [-0.1, -0.05) is 18.2 Å². The summed E-state index contributed by atoms with van der Waals surface area (Å²) < 4.78 is 16.2. The normalized spacial score (nSPS) is 18.0. The molecule has 0 N–H and O–H groups in total. The predicted molar refractivity (Wildman–Crippen MR) is 141 cm³/mol. The fraction of sp³-hybridized carbons (Fsp3) is 0.393. The van der Waals surface area contributed by atoms with Crippen molar-refractivity contribution in [1.29, 1.82) is 0 Å². The minimum Gasteiger partial charge on any atom is -0.465 e. The van der Waals surface area contributed by atoms with E-state index in [1.54, 1.807) is 51.0 Å². The molecule has 1 aromatic heterocycles. The number of esters is 2. The highest BCUT2D eigenvalue weighted by atomic mass is 32.2. The topological polar surface area (TPSA) is 104 Å². The van der Waals surface area contributed by atoms with E-state index in [1.165, 1.54) is 0 Å². The fourth-order valence-electron chi connectivity index (χ4n) is 4.52. The first-order valence-electron chi connectivity index (χ1n) is 12.2. The summed E-state index contributed by atoms with van der Waals surface area (Å²) in [6, 6.07) is 11.3. The van der Waals surface area contributed by atoms with E-state index in [0.717, 1.165) is 16.0 Å². The molecular formula is C28H32N2O6S. The quantitative estimate of drug-likeness (QED) is 0.164. The lowest BCUT2D eigenvalue weighted by molar-refractivity contribution is -0.146. The molecule has 3 unspecified atom stereocenters. The van der Waals surface area contributed by atoms with Crippen molar-refractivity contribution in [3.63, 3.8) is 0 Å². The molecule has 0 radical (unpaired) electrons. The lowest BCUT2D eigenvalue weighted by atomic mass is 9.75. The Hall–Kier alpha value is -3.46. The Kier molecular flexibility index (Phi) is 10.4. The van der Waals surface area contributed by atoms with Crippen molar-refractivity contribution in [3.8, 4) is 0 Å². The van der Waals surface area contributed by atoms with Gasteiger partial charge in [-0.05, 0) is 63.6 Å². The van der Waals surface area contributed by atoms with Gasteiger partial charge in [-0.2, -0.15) is 0 Å². The van der Waals surface area contributed by atoms with Crippen molar-refractivity contribution >= 4 is 35.9 Å². The molecule has 2 heterocycles. The Labute approximate surface area is 221 Å². The molecule has 1 aliphatic rings. The Morgan fingerprint density at radius 3 is 2.57 bits per heavy atom. The highest BCUT2D eigenvalue weighted by Gasteiger charge is 2.43. The van der Waals surface area contributed by atoms with Crippen molar-refractivity contribution in [2.24, 2.45) is 10.9 Å². The molecule has 0 amide bonds. The Bertz CT molecular complexity index is 1160. The largest absolute Gasteiger partial charge is 0.465 e. The molecule has 0 spiro atoms. The number of ether oxygens (including phenoxy) is 3. The second kappa shape index (κ2) is 13.7. The van der Waals surface area contributed by atoms with E-state index in [-0.39, 0.29) is 13.2 Å². The first-order chi connectivity index (χ1) is 17.9. The van der Waals surface area contributed by atoms with E-state index in [0.29, 0.717) is 36.3 Å². The highest BCUT2D eigenvalue weighted by molar-refractivity contribution is 7.98. The van der Waals surface area contributed by atoms with Gasteiger partial charge in [0.05, 0.1) is 24.5 Å². The number of aliphatic imine (C=N–C) groups is 1. The molecule has 9 heteroatoms. The highest BCUT2D eigenvalue weighted by Crippen LogP contribution is 2.42. The van der Waals surface area contributed by atoms with E-state index in [1.807, 2.05) is 36.6 Å². The van der Waals surface area contributed by atoms with Crippen LogP contribution in [0.4, 0.5) is 0 Å². The SMILES string of the molecule is CCOC(=O)C1=C(CCC(OC=O)c2cccnc2)N=C(C)C(C(=O)OCC)C1c1cccc(SC)c1. The Morgan fingerprint density at radius 1 is 1.14 bits per heavy atom. The number of hydrogen-bond donors (Lipinski definition) is 0. The van der Waals surface area contributed by atoms with Gasteiger partial charge in [0.2, 0.25) is 0 Å². The standard InChI is InChI=1S/C28H32N2O6S/c1-5-34-27(32)24-18(3)30-22(12-13-23(36-17-31)20-10-8-14-29-16-20)26(28(33)35-6-2)25(24)19-9-7-11-21(15-19)37-4/h7-11,14-17,23-25H,5-6,12-13H2,1-4H3. The third-order valence-electron chi connectivity index (χ3n) is 6.12. The van der Waals surface area contributed by atoms with Crippen LogP contribution in [0.5, 0.6) is 0 Å². The van der Waals surface area contributed by atoms with Crippen LogP contribution in [0, 0.1) is 5.92 Å². The fourth-order valence-corrected chi connectivity index (χ4v) is 4.99. The van der Waals surface area contributed by atoms with Gasteiger partial charge in [0.25, 0.3) is 6.47 Å². The van der Waals surface area contributed by atoms with E-state index >= 15 is 0 Å². The van der Waals surface area contributed by atoms with Crippen molar-refractivity contribution < 1.29 is 28.6 Å². The Balaban J connectivity index is 2.12. The molecule has 196 valence electrons. The van der Waals surface area contributed by atoms with Gasteiger partial charge in [0, 0.05) is 34.5 Å². The molecule has 0 fully saturated rings. The third-order valence-corrected chi connectivity index (χ3v) is 6.85. The molecule has 8 nitrogen and oxygen atoms in total. The molecule has 0 saturated heterocycles. The number of pyridine rings is 1. The van der Waals surface area contributed by atoms with Gasteiger partial charge in [-0.25, -0.2) is 4.79 Å². The van der Waals surface area contributed by atoms with Gasteiger partial charge in [-0.3, -0.25) is 19.6 Å². The maximum Gasteiger partial charge on any atom is 0.336 e. The molecule has 1 aromatic carbocycles. The maximum atomic E-state index is 13.4.